The van der Waals surface area contributed by atoms with E-state index in [4.69, 9.17) is 11.6 Å². The number of hydrogen-bond acceptors (Lipinski definition) is 7. The summed E-state index contributed by atoms with van der Waals surface area (Å²) in [5.41, 5.74) is -0.0618. The Morgan fingerprint density at radius 1 is 1.32 bits per heavy atom. The van der Waals surface area contributed by atoms with Gasteiger partial charge in [0.15, 0.2) is 17.5 Å². The summed E-state index contributed by atoms with van der Waals surface area (Å²) in [5.74, 6) is -2.49. The molecule has 0 spiro atoms. The number of pyridine rings is 2. The molecule has 2 atom stereocenters. The number of amides is 1. The van der Waals surface area contributed by atoms with Gasteiger partial charge in [-0.25, -0.2) is 13.8 Å². The van der Waals surface area contributed by atoms with Gasteiger partial charge in [0, 0.05) is 25.4 Å². The number of nitriles is 1. The number of carbonyl (C=O) groups excluding carboxylic acids is 1. The highest BCUT2D eigenvalue weighted by Crippen LogP contribution is 2.39. The molecule has 8 nitrogen and oxygen atoms in total. The number of anilines is 3. The smallest absolute Gasteiger partial charge is 0.387 e. The second-order valence-corrected chi connectivity index (χ2v) is 8.83. The van der Waals surface area contributed by atoms with E-state index < -0.39 is 29.0 Å². The van der Waals surface area contributed by atoms with Gasteiger partial charge in [-0.05, 0) is 24.6 Å². The van der Waals surface area contributed by atoms with Crippen molar-refractivity contribution in [3.63, 3.8) is 0 Å². The highest BCUT2D eigenvalue weighted by atomic mass is 35.5. The minimum Gasteiger partial charge on any atom is -0.433 e. The summed E-state index contributed by atoms with van der Waals surface area (Å²) in [6, 6.07) is 4.95. The Hall–Kier alpha value is -4.11. The van der Waals surface area contributed by atoms with Gasteiger partial charge in [-0.2, -0.15) is 14.0 Å². The van der Waals surface area contributed by atoms with Gasteiger partial charge in [0.25, 0.3) is 0 Å². The van der Waals surface area contributed by atoms with Gasteiger partial charge in [0.2, 0.25) is 5.91 Å². The molecule has 13 heteroatoms. The number of piperazine rings is 1. The van der Waals surface area contributed by atoms with Crippen LogP contribution in [-0.4, -0.2) is 52.6 Å². The molecule has 2 saturated heterocycles. The first-order valence-electron chi connectivity index (χ1n) is 11.0. The number of aromatic nitrogens is 2. The zero-order valence-corrected chi connectivity index (χ0v) is 19.6. The molecule has 1 aromatic carbocycles. The van der Waals surface area contributed by atoms with Crippen molar-refractivity contribution in [2.45, 2.75) is 25.1 Å². The normalized spacial score (nSPS) is 18.4. The highest BCUT2D eigenvalue weighted by Gasteiger charge is 2.46. The standard InChI is InChI=1S/C24H17ClF4N6O2/c1-2-18(36)34-9-13-5-12(34)10-35(13)23-14(26)6-16-22(33-23)21(11(7-30)8-31-16)32-15-3-4-17(37-24(28)29)19(25)20(15)27/h2-4,6,8,12-13,24H,1,5,9-10H2,(H,31,32)/t12-,13-/m0/s1. The van der Waals surface area contributed by atoms with Gasteiger partial charge in [-0.15, -0.1) is 0 Å². The molecule has 37 heavy (non-hydrogen) atoms. The first-order valence-corrected chi connectivity index (χ1v) is 11.4. The van der Waals surface area contributed by atoms with Crippen molar-refractivity contribution >= 4 is 45.7 Å². The average Bonchev–Trinajstić information content (AvgIpc) is 3.48. The van der Waals surface area contributed by atoms with Crippen LogP contribution in [0.4, 0.5) is 34.8 Å². The minimum absolute atomic E-state index is 0.00447. The van der Waals surface area contributed by atoms with Crippen LogP contribution in [-0.2, 0) is 4.79 Å². The van der Waals surface area contributed by atoms with Crippen LogP contribution in [0.5, 0.6) is 5.75 Å². The molecular weight excluding hydrogens is 516 g/mol. The number of rotatable bonds is 6. The van der Waals surface area contributed by atoms with E-state index in [2.05, 4.69) is 26.6 Å². The molecule has 0 saturated carbocycles. The van der Waals surface area contributed by atoms with E-state index in [1.165, 1.54) is 12.3 Å². The molecule has 2 fully saturated rings. The fourth-order valence-electron chi connectivity index (χ4n) is 4.75. The fraction of sp³-hybridized carbons (Fsp3) is 0.250. The topological polar surface area (TPSA) is 94.4 Å². The summed E-state index contributed by atoms with van der Waals surface area (Å²) >= 11 is 5.86. The van der Waals surface area contributed by atoms with Crippen molar-refractivity contribution in [3.8, 4) is 11.8 Å². The molecule has 2 aromatic heterocycles. The van der Waals surface area contributed by atoms with Crippen LogP contribution < -0.4 is 15.0 Å². The number of alkyl halides is 2. The van der Waals surface area contributed by atoms with Crippen LogP contribution in [0.1, 0.15) is 12.0 Å². The molecule has 5 rings (SSSR count). The second-order valence-electron chi connectivity index (χ2n) is 8.45. The molecular formula is C24H17ClF4N6O2. The maximum atomic E-state index is 15.1. The Morgan fingerprint density at radius 2 is 2.11 bits per heavy atom. The molecule has 2 bridgehead atoms. The van der Waals surface area contributed by atoms with E-state index in [1.807, 2.05) is 6.07 Å². The Labute approximate surface area is 212 Å². The predicted octanol–water partition coefficient (Wildman–Crippen LogP) is 4.75. The number of nitrogens with one attached hydrogen (secondary N) is 1. The SMILES string of the molecule is C=CC(=O)N1C[C@@H]2C[C@H]1CN2c1nc2c(Nc3ccc(OC(F)F)c(Cl)c3F)c(C#N)cnc2cc1F. The lowest BCUT2D eigenvalue weighted by Crippen LogP contribution is -2.48. The van der Waals surface area contributed by atoms with E-state index in [9.17, 15) is 23.2 Å². The lowest BCUT2D eigenvalue weighted by atomic mass is 10.1. The Bertz CT molecular complexity index is 1480. The maximum absolute atomic E-state index is 15.1. The lowest BCUT2D eigenvalue weighted by Gasteiger charge is -2.34. The Morgan fingerprint density at radius 3 is 2.76 bits per heavy atom. The van der Waals surface area contributed by atoms with Crippen LogP contribution in [0.25, 0.3) is 11.0 Å². The van der Waals surface area contributed by atoms with Gasteiger partial charge in [-0.1, -0.05) is 18.2 Å². The van der Waals surface area contributed by atoms with Crippen molar-refractivity contribution in [3.05, 3.63) is 59.3 Å². The van der Waals surface area contributed by atoms with Crippen molar-refractivity contribution in [2.75, 3.05) is 23.3 Å². The minimum atomic E-state index is -3.20. The third-order valence-corrected chi connectivity index (χ3v) is 6.74. The second kappa shape index (κ2) is 9.40. The Kier molecular flexibility index (Phi) is 6.25. The molecule has 0 aliphatic carbocycles. The first-order chi connectivity index (χ1) is 17.7. The van der Waals surface area contributed by atoms with Crippen LogP contribution in [0, 0.1) is 23.0 Å². The fourth-order valence-corrected chi connectivity index (χ4v) is 4.96. The highest BCUT2D eigenvalue weighted by molar-refractivity contribution is 6.32. The van der Waals surface area contributed by atoms with E-state index in [1.54, 1.807) is 9.80 Å². The number of carbonyl (C=O) groups is 1. The molecule has 3 aromatic rings. The number of fused-ring (bicyclic) bond motifs is 3. The first kappa shape index (κ1) is 24.6. The third kappa shape index (κ3) is 4.25. The molecule has 190 valence electrons. The molecule has 0 unspecified atom stereocenters. The van der Waals surface area contributed by atoms with Gasteiger partial charge < -0.3 is 19.9 Å². The maximum Gasteiger partial charge on any atom is 0.387 e. The molecule has 2 aliphatic heterocycles. The summed E-state index contributed by atoms with van der Waals surface area (Å²) in [4.78, 5) is 24.1. The molecule has 0 radical (unpaired) electrons. The quantitative estimate of drug-likeness (QED) is 0.361. The summed E-state index contributed by atoms with van der Waals surface area (Å²) in [6.45, 7) is 1.04. The van der Waals surface area contributed by atoms with Gasteiger partial charge in [0.05, 0.1) is 34.5 Å². The molecule has 2 aliphatic rings. The zero-order valence-electron chi connectivity index (χ0n) is 18.9. The number of halogens is 5. The largest absolute Gasteiger partial charge is 0.433 e. The number of benzene rings is 1. The van der Waals surface area contributed by atoms with Crippen molar-refractivity contribution in [2.24, 2.45) is 0 Å². The summed E-state index contributed by atoms with van der Waals surface area (Å²) in [5, 5.41) is 11.7. The monoisotopic (exact) mass is 532 g/mol. The average molecular weight is 533 g/mol. The molecule has 4 heterocycles. The number of likely N-dealkylation sites (tertiary alicyclic amines) is 1. The van der Waals surface area contributed by atoms with E-state index >= 15 is 4.39 Å². The van der Waals surface area contributed by atoms with Crippen molar-refractivity contribution in [1.82, 2.24) is 14.9 Å². The number of ether oxygens (including phenoxy) is 1. The Balaban J connectivity index is 1.54. The van der Waals surface area contributed by atoms with Crippen LogP contribution in [0.15, 0.2) is 37.1 Å². The van der Waals surface area contributed by atoms with Gasteiger partial charge in [0.1, 0.15) is 22.4 Å². The van der Waals surface area contributed by atoms with Crippen LogP contribution >= 0.6 is 11.6 Å². The van der Waals surface area contributed by atoms with E-state index in [0.29, 0.717) is 19.5 Å². The summed E-state index contributed by atoms with van der Waals surface area (Å²) in [6.07, 6.45) is 3.05. The lowest BCUT2D eigenvalue weighted by molar-refractivity contribution is -0.127. The number of nitrogens with zero attached hydrogens (tertiary/aromatic N) is 5. The van der Waals surface area contributed by atoms with Crippen LogP contribution in [0.2, 0.25) is 5.02 Å². The molecule has 1 amide bonds. The zero-order chi connectivity index (χ0) is 26.4. The third-order valence-electron chi connectivity index (χ3n) is 6.39. The van der Waals surface area contributed by atoms with E-state index in [0.717, 1.165) is 18.2 Å². The van der Waals surface area contributed by atoms with Gasteiger partial charge in [-0.3, -0.25) is 9.78 Å². The van der Waals surface area contributed by atoms with Crippen LogP contribution in [0.3, 0.4) is 0 Å². The predicted molar refractivity (Wildman–Crippen MR) is 127 cm³/mol. The molecule has 1 N–H and O–H groups in total. The van der Waals surface area contributed by atoms with Gasteiger partial charge >= 0.3 is 6.61 Å². The number of hydrogen-bond donors (Lipinski definition) is 1. The summed E-state index contributed by atoms with van der Waals surface area (Å²) in [7, 11) is 0. The van der Waals surface area contributed by atoms with Crippen molar-refractivity contribution < 1.29 is 27.1 Å². The summed E-state index contributed by atoms with van der Waals surface area (Å²) < 4.78 is 59.4. The van der Waals surface area contributed by atoms with Crippen molar-refractivity contribution in [1.29, 1.82) is 5.26 Å². The van der Waals surface area contributed by atoms with E-state index in [-0.39, 0.29) is 51.8 Å².